The van der Waals surface area contributed by atoms with Crippen molar-refractivity contribution in [2.75, 3.05) is 0 Å². The summed E-state index contributed by atoms with van der Waals surface area (Å²) in [5.41, 5.74) is 4.45. The first kappa shape index (κ1) is 15.5. The molecule has 0 fully saturated rings. The number of fused-ring (bicyclic) bond motifs is 1. The lowest BCUT2D eigenvalue weighted by Crippen LogP contribution is -2.23. The Morgan fingerprint density at radius 3 is 2.61 bits per heavy atom. The quantitative estimate of drug-likeness (QED) is 0.774. The van der Waals surface area contributed by atoms with Crippen molar-refractivity contribution in [2.45, 2.75) is 20.4 Å². The van der Waals surface area contributed by atoms with Crippen molar-refractivity contribution >= 4 is 28.4 Å². The molecule has 0 aliphatic heterocycles. The van der Waals surface area contributed by atoms with E-state index in [9.17, 15) is 4.79 Å². The van der Waals surface area contributed by atoms with Gasteiger partial charge in [-0.05, 0) is 43.2 Å². The molecule has 23 heavy (non-hydrogen) atoms. The molecule has 3 rings (SSSR count). The number of benzene rings is 2. The molecule has 0 atom stereocenters. The fourth-order valence-corrected chi connectivity index (χ4v) is 2.71. The third-order valence-electron chi connectivity index (χ3n) is 3.78. The maximum Gasteiger partial charge on any atom is 0.252 e. The van der Waals surface area contributed by atoms with Crippen LogP contribution in [0.2, 0.25) is 5.02 Å². The molecule has 1 N–H and O–H groups in total. The van der Waals surface area contributed by atoms with Crippen LogP contribution in [-0.2, 0) is 6.54 Å². The molecule has 3 nitrogen and oxygen atoms in total. The molecule has 3 aromatic rings. The Labute approximate surface area is 140 Å². The van der Waals surface area contributed by atoms with Crippen molar-refractivity contribution in [3.8, 4) is 0 Å². The smallest absolute Gasteiger partial charge is 0.252 e. The predicted octanol–water partition coefficient (Wildman–Crippen LogP) is 4.44. The van der Waals surface area contributed by atoms with E-state index in [4.69, 9.17) is 11.6 Å². The van der Waals surface area contributed by atoms with Crippen molar-refractivity contribution in [1.29, 1.82) is 0 Å². The number of para-hydroxylation sites is 1. The van der Waals surface area contributed by atoms with Gasteiger partial charge in [-0.2, -0.15) is 0 Å². The minimum atomic E-state index is -0.0962. The van der Waals surface area contributed by atoms with E-state index in [1.165, 1.54) is 0 Å². The van der Waals surface area contributed by atoms with Gasteiger partial charge in [0.05, 0.1) is 11.1 Å². The number of pyridine rings is 1. The summed E-state index contributed by atoms with van der Waals surface area (Å²) in [6.07, 6.45) is 0. The Kier molecular flexibility index (Phi) is 4.30. The molecule has 0 unspecified atom stereocenters. The number of aromatic nitrogens is 1. The molecule has 0 spiro atoms. The Morgan fingerprint density at radius 2 is 1.87 bits per heavy atom. The molecular weight excluding hydrogens is 308 g/mol. The largest absolute Gasteiger partial charge is 0.348 e. The number of nitrogens with one attached hydrogen (secondary N) is 1. The highest BCUT2D eigenvalue weighted by Crippen LogP contribution is 2.21. The van der Waals surface area contributed by atoms with Gasteiger partial charge in [0.2, 0.25) is 0 Å². The van der Waals surface area contributed by atoms with Crippen LogP contribution >= 0.6 is 11.6 Å². The predicted molar refractivity (Wildman–Crippen MR) is 93.8 cm³/mol. The number of amides is 1. The summed E-state index contributed by atoms with van der Waals surface area (Å²) in [6, 6.07) is 15.2. The first-order valence-electron chi connectivity index (χ1n) is 7.44. The lowest BCUT2D eigenvalue weighted by atomic mass is 10.0. The van der Waals surface area contributed by atoms with Crippen LogP contribution in [0.1, 0.15) is 27.2 Å². The fraction of sp³-hybridized carbons (Fsp3) is 0.158. The number of hydrogen-bond acceptors (Lipinski definition) is 2. The number of halogens is 1. The summed E-state index contributed by atoms with van der Waals surface area (Å²) >= 11 is 5.87. The SMILES string of the molecule is Cc1cc(C(=O)NCc2ccc(Cl)cc2)c2cccc(C)c2n1. The van der Waals surface area contributed by atoms with E-state index >= 15 is 0 Å². The van der Waals surface area contributed by atoms with Crippen LogP contribution in [-0.4, -0.2) is 10.9 Å². The Balaban J connectivity index is 1.89. The Morgan fingerprint density at radius 1 is 1.13 bits per heavy atom. The van der Waals surface area contributed by atoms with Crippen molar-refractivity contribution in [3.05, 3.63) is 75.9 Å². The van der Waals surface area contributed by atoms with Gasteiger partial charge in [0, 0.05) is 22.6 Å². The topological polar surface area (TPSA) is 42.0 Å². The first-order chi connectivity index (χ1) is 11.0. The summed E-state index contributed by atoms with van der Waals surface area (Å²) < 4.78 is 0. The molecule has 0 aliphatic rings. The molecular formula is C19H17ClN2O. The van der Waals surface area contributed by atoms with E-state index < -0.39 is 0 Å². The van der Waals surface area contributed by atoms with Gasteiger partial charge < -0.3 is 5.32 Å². The van der Waals surface area contributed by atoms with Crippen molar-refractivity contribution in [3.63, 3.8) is 0 Å². The molecule has 116 valence electrons. The zero-order chi connectivity index (χ0) is 16.4. The average molecular weight is 325 g/mol. The van der Waals surface area contributed by atoms with Crippen LogP contribution in [0.3, 0.4) is 0 Å². The lowest BCUT2D eigenvalue weighted by Gasteiger charge is -2.10. The standard InChI is InChI=1S/C19H17ClN2O/c1-12-4-3-5-16-17(10-13(2)22-18(12)16)19(23)21-11-14-6-8-15(20)9-7-14/h3-10H,11H2,1-2H3,(H,21,23). The van der Waals surface area contributed by atoms with E-state index in [-0.39, 0.29) is 5.91 Å². The highest BCUT2D eigenvalue weighted by Gasteiger charge is 2.12. The average Bonchev–Trinajstić information content (AvgIpc) is 2.54. The van der Waals surface area contributed by atoms with E-state index in [2.05, 4.69) is 10.3 Å². The van der Waals surface area contributed by atoms with Crippen LogP contribution in [0.4, 0.5) is 0 Å². The van der Waals surface area contributed by atoms with Crippen LogP contribution in [0.15, 0.2) is 48.5 Å². The van der Waals surface area contributed by atoms with Crippen LogP contribution in [0.5, 0.6) is 0 Å². The van der Waals surface area contributed by atoms with Crippen LogP contribution in [0, 0.1) is 13.8 Å². The van der Waals surface area contributed by atoms with E-state index in [0.717, 1.165) is 27.7 Å². The number of rotatable bonds is 3. The maximum atomic E-state index is 12.6. The monoisotopic (exact) mass is 324 g/mol. The zero-order valence-electron chi connectivity index (χ0n) is 13.1. The number of carbonyl (C=O) groups excluding carboxylic acids is 1. The number of hydrogen-bond donors (Lipinski definition) is 1. The number of aryl methyl sites for hydroxylation is 2. The van der Waals surface area contributed by atoms with Gasteiger partial charge in [-0.3, -0.25) is 9.78 Å². The number of carbonyl (C=O) groups is 1. The van der Waals surface area contributed by atoms with Crippen LogP contribution in [0.25, 0.3) is 10.9 Å². The summed E-state index contributed by atoms with van der Waals surface area (Å²) in [5.74, 6) is -0.0962. The van der Waals surface area contributed by atoms with Gasteiger partial charge in [-0.15, -0.1) is 0 Å². The summed E-state index contributed by atoms with van der Waals surface area (Å²) in [5, 5.41) is 4.53. The molecule has 0 aliphatic carbocycles. The van der Waals surface area contributed by atoms with E-state index in [1.807, 2.05) is 62.4 Å². The van der Waals surface area contributed by atoms with Crippen molar-refractivity contribution < 1.29 is 4.79 Å². The van der Waals surface area contributed by atoms with Gasteiger partial charge in [-0.25, -0.2) is 0 Å². The Bertz CT molecular complexity index is 872. The van der Waals surface area contributed by atoms with Gasteiger partial charge in [-0.1, -0.05) is 41.9 Å². The maximum absolute atomic E-state index is 12.6. The minimum Gasteiger partial charge on any atom is -0.348 e. The fourth-order valence-electron chi connectivity index (χ4n) is 2.59. The molecule has 0 saturated heterocycles. The van der Waals surface area contributed by atoms with Crippen molar-refractivity contribution in [2.24, 2.45) is 0 Å². The molecule has 0 saturated carbocycles. The molecule has 2 aromatic carbocycles. The highest BCUT2D eigenvalue weighted by molar-refractivity contribution is 6.30. The molecule has 1 amide bonds. The normalized spacial score (nSPS) is 10.7. The van der Waals surface area contributed by atoms with Crippen LogP contribution < -0.4 is 5.32 Å². The summed E-state index contributed by atoms with van der Waals surface area (Å²) in [7, 11) is 0. The Hall–Kier alpha value is -2.39. The van der Waals surface area contributed by atoms with Gasteiger partial charge in [0.1, 0.15) is 0 Å². The van der Waals surface area contributed by atoms with Gasteiger partial charge >= 0.3 is 0 Å². The summed E-state index contributed by atoms with van der Waals surface area (Å²) in [6.45, 7) is 4.37. The van der Waals surface area contributed by atoms with E-state index in [0.29, 0.717) is 17.1 Å². The van der Waals surface area contributed by atoms with E-state index in [1.54, 1.807) is 0 Å². The minimum absolute atomic E-state index is 0.0962. The second-order valence-corrected chi connectivity index (χ2v) is 6.03. The number of nitrogens with zero attached hydrogens (tertiary/aromatic N) is 1. The van der Waals surface area contributed by atoms with Crippen molar-refractivity contribution in [1.82, 2.24) is 10.3 Å². The highest BCUT2D eigenvalue weighted by atomic mass is 35.5. The lowest BCUT2D eigenvalue weighted by molar-refractivity contribution is 0.0952. The zero-order valence-corrected chi connectivity index (χ0v) is 13.8. The first-order valence-corrected chi connectivity index (χ1v) is 7.82. The van der Waals surface area contributed by atoms with Gasteiger partial charge in [0.25, 0.3) is 5.91 Å². The molecule has 1 aromatic heterocycles. The molecule has 0 radical (unpaired) electrons. The molecule has 0 bridgehead atoms. The second kappa shape index (κ2) is 6.39. The summed E-state index contributed by atoms with van der Waals surface area (Å²) in [4.78, 5) is 17.1. The second-order valence-electron chi connectivity index (χ2n) is 5.59. The third kappa shape index (κ3) is 3.35. The third-order valence-corrected chi connectivity index (χ3v) is 4.03. The molecule has 4 heteroatoms. The molecule has 1 heterocycles. The van der Waals surface area contributed by atoms with Gasteiger partial charge in [0.15, 0.2) is 0 Å².